The predicted molar refractivity (Wildman–Crippen MR) is 79.4 cm³/mol. The van der Waals surface area contributed by atoms with Crippen LogP contribution in [0.4, 0.5) is 0 Å². The highest BCUT2D eigenvalue weighted by atomic mass is 32.2. The molecule has 0 bridgehead atoms. The van der Waals surface area contributed by atoms with Crippen molar-refractivity contribution in [1.82, 2.24) is 5.32 Å². The minimum atomic E-state index is -3.02. The second-order valence-electron chi connectivity index (χ2n) is 4.55. The molecule has 2 rings (SSSR count). The highest BCUT2D eigenvalue weighted by Crippen LogP contribution is 2.19. The van der Waals surface area contributed by atoms with Crippen LogP contribution in [0.15, 0.2) is 11.4 Å². The summed E-state index contributed by atoms with van der Waals surface area (Å²) in [6, 6.07) is 1.69. The Labute approximate surface area is 122 Å². The second kappa shape index (κ2) is 6.39. The summed E-state index contributed by atoms with van der Waals surface area (Å²) in [5.41, 5.74) is 5.79. The van der Waals surface area contributed by atoms with Gasteiger partial charge in [-0.2, -0.15) is 0 Å². The summed E-state index contributed by atoms with van der Waals surface area (Å²) in [6.07, 6.45) is 1.31. The quantitative estimate of drug-likeness (QED) is 0.789. The van der Waals surface area contributed by atoms with Gasteiger partial charge < -0.3 is 11.1 Å². The van der Waals surface area contributed by atoms with E-state index in [9.17, 15) is 13.2 Å². The molecule has 1 saturated heterocycles. The van der Waals surface area contributed by atoms with Crippen molar-refractivity contribution in [1.29, 1.82) is 0 Å². The van der Waals surface area contributed by atoms with E-state index >= 15 is 0 Å². The van der Waals surface area contributed by atoms with Crippen molar-refractivity contribution in [2.24, 2.45) is 5.73 Å². The van der Waals surface area contributed by atoms with Crippen molar-refractivity contribution in [2.45, 2.75) is 18.1 Å². The number of nitrogens with one attached hydrogen (secondary N) is 1. The number of thiophene rings is 1. The fraction of sp³-hybridized carbons (Fsp3) is 0.462. The predicted octanol–water partition coefficient (Wildman–Crippen LogP) is 0.365. The summed E-state index contributed by atoms with van der Waals surface area (Å²) in [5.74, 6) is 5.55. The Kier molecular flexibility index (Phi) is 4.81. The van der Waals surface area contributed by atoms with Gasteiger partial charge in [0.05, 0.1) is 28.0 Å². The Bertz CT molecular complexity index is 653. The molecule has 1 unspecified atom stereocenters. The molecule has 5 nitrogen and oxygen atoms in total. The van der Waals surface area contributed by atoms with Crippen LogP contribution in [0.2, 0.25) is 0 Å². The van der Waals surface area contributed by atoms with Crippen LogP contribution in [0.1, 0.15) is 28.1 Å². The van der Waals surface area contributed by atoms with Crippen LogP contribution in [0.5, 0.6) is 0 Å². The summed E-state index contributed by atoms with van der Waals surface area (Å²) >= 11 is 1.37. The van der Waals surface area contributed by atoms with Crippen molar-refractivity contribution in [3.63, 3.8) is 0 Å². The summed E-state index contributed by atoms with van der Waals surface area (Å²) in [6.45, 7) is 0.458. The van der Waals surface area contributed by atoms with E-state index in [0.29, 0.717) is 18.4 Å². The smallest absolute Gasteiger partial charge is 0.252 e. The van der Waals surface area contributed by atoms with Gasteiger partial charge in [-0.05, 0) is 18.9 Å². The molecule has 0 aromatic carbocycles. The van der Waals surface area contributed by atoms with Crippen molar-refractivity contribution in [2.75, 3.05) is 18.8 Å². The lowest BCUT2D eigenvalue weighted by atomic mass is 10.2. The van der Waals surface area contributed by atoms with Crippen LogP contribution in [0.25, 0.3) is 0 Å². The standard InChI is InChI=1S/C13H16N2O3S2/c14-5-1-3-11-7-10(9-19-11)13(16)15-8-12-4-2-6-20(12,17)18/h7,9,12H,2,4-6,8,14H2,(H,15,16). The van der Waals surface area contributed by atoms with Gasteiger partial charge >= 0.3 is 0 Å². The molecule has 3 N–H and O–H groups in total. The highest BCUT2D eigenvalue weighted by molar-refractivity contribution is 7.92. The number of carbonyl (C=O) groups excluding carboxylic acids is 1. The van der Waals surface area contributed by atoms with Crippen LogP contribution < -0.4 is 11.1 Å². The first kappa shape index (κ1) is 15.0. The van der Waals surface area contributed by atoms with Gasteiger partial charge in [-0.1, -0.05) is 11.8 Å². The second-order valence-corrected chi connectivity index (χ2v) is 7.86. The number of nitrogens with two attached hydrogens (primary N) is 1. The molecule has 1 aliphatic heterocycles. The molecule has 1 aromatic heterocycles. The Morgan fingerprint density at radius 2 is 2.35 bits per heavy atom. The van der Waals surface area contributed by atoms with E-state index in [4.69, 9.17) is 5.73 Å². The number of carbonyl (C=O) groups is 1. The first-order valence-electron chi connectivity index (χ1n) is 6.30. The normalized spacial score (nSPS) is 20.1. The fourth-order valence-electron chi connectivity index (χ4n) is 2.06. The van der Waals surface area contributed by atoms with E-state index in [2.05, 4.69) is 17.2 Å². The minimum absolute atomic E-state index is 0.181. The molecule has 1 aliphatic rings. The minimum Gasteiger partial charge on any atom is -0.351 e. The van der Waals surface area contributed by atoms with Gasteiger partial charge in [-0.25, -0.2) is 8.42 Å². The van der Waals surface area contributed by atoms with Crippen molar-refractivity contribution >= 4 is 27.1 Å². The molecule has 0 spiro atoms. The fourth-order valence-corrected chi connectivity index (χ4v) is 4.58. The van der Waals surface area contributed by atoms with E-state index in [1.807, 2.05) is 0 Å². The van der Waals surface area contributed by atoms with Crippen LogP contribution >= 0.6 is 11.3 Å². The molecule has 1 fully saturated rings. The highest BCUT2D eigenvalue weighted by Gasteiger charge is 2.31. The van der Waals surface area contributed by atoms with Crippen LogP contribution in [0, 0.1) is 11.8 Å². The van der Waals surface area contributed by atoms with E-state index in [1.54, 1.807) is 11.4 Å². The Balaban J connectivity index is 1.94. The van der Waals surface area contributed by atoms with E-state index in [0.717, 1.165) is 4.88 Å². The van der Waals surface area contributed by atoms with Gasteiger partial charge in [0, 0.05) is 11.9 Å². The summed E-state index contributed by atoms with van der Waals surface area (Å²) < 4.78 is 23.3. The van der Waals surface area contributed by atoms with Gasteiger partial charge in [-0.3, -0.25) is 4.79 Å². The van der Waals surface area contributed by atoms with Crippen molar-refractivity contribution in [3.8, 4) is 11.8 Å². The average molecular weight is 312 g/mol. The van der Waals surface area contributed by atoms with Crippen LogP contribution in [0.3, 0.4) is 0 Å². The number of hydrogen-bond acceptors (Lipinski definition) is 5. The molecule has 7 heteroatoms. The molecular weight excluding hydrogens is 296 g/mol. The van der Waals surface area contributed by atoms with E-state index in [-0.39, 0.29) is 24.7 Å². The zero-order valence-electron chi connectivity index (χ0n) is 10.9. The zero-order chi connectivity index (χ0) is 14.6. The van der Waals surface area contributed by atoms with Crippen LogP contribution in [-0.2, 0) is 9.84 Å². The third-order valence-electron chi connectivity index (χ3n) is 3.13. The lowest BCUT2D eigenvalue weighted by Gasteiger charge is -2.09. The molecule has 2 heterocycles. The van der Waals surface area contributed by atoms with Crippen molar-refractivity contribution < 1.29 is 13.2 Å². The Morgan fingerprint density at radius 1 is 1.55 bits per heavy atom. The number of hydrogen-bond donors (Lipinski definition) is 2. The molecule has 0 aliphatic carbocycles. The maximum atomic E-state index is 11.9. The molecule has 20 heavy (non-hydrogen) atoms. The molecular formula is C13H16N2O3S2. The third kappa shape index (κ3) is 3.60. The first-order valence-corrected chi connectivity index (χ1v) is 8.89. The summed E-state index contributed by atoms with van der Waals surface area (Å²) in [5, 5.41) is 3.95. The lowest BCUT2D eigenvalue weighted by Crippen LogP contribution is -2.34. The maximum Gasteiger partial charge on any atom is 0.252 e. The van der Waals surface area contributed by atoms with Gasteiger partial charge in [-0.15, -0.1) is 11.3 Å². The Hall–Kier alpha value is -1.36. The van der Waals surface area contributed by atoms with Gasteiger partial charge in [0.25, 0.3) is 5.91 Å². The maximum absolute atomic E-state index is 11.9. The van der Waals surface area contributed by atoms with E-state index in [1.165, 1.54) is 11.3 Å². The molecule has 0 radical (unpaired) electrons. The van der Waals surface area contributed by atoms with Gasteiger partial charge in [0.2, 0.25) is 0 Å². The largest absolute Gasteiger partial charge is 0.351 e. The van der Waals surface area contributed by atoms with Crippen LogP contribution in [-0.4, -0.2) is 38.4 Å². The van der Waals surface area contributed by atoms with E-state index < -0.39 is 15.1 Å². The van der Waals surface area contributed by atoms with Crippen molar-refractivity contribution in [3.05, 3.63) is 21.9 Å². The summed E-state index contributed by atoms with van der Waals surface area (Å²) in [7, 11) is -3.02. The van der Waals surface area contributed by atoms with Gasteiger partial charge in [0.1, 0.15) is 0 Å². The third-order valence-corrected chi connectivity index (χ3v) is 6.25. The molecule has 1 atom stereocenters. The molecule has 1 amide bonds. The number of amides is 1. The average Bonchev–Trinajstić information content (AvgIpc) is 3.00. The lowest BCUT2D eigenvalue weighted by molar-refractivity contribution is 0.0954. The molecule has 1 aromatic rings. The number of sulfone groups is 1. The monoisotopic (exact) mass is 312 g/mol. The molecule has 108 valence electrons. The van der Waals surface area contributed by atoms with Gasteiger partial charge in [0.15, 0.2) is 9.84 Å². The number of rotatable bonds is 3. The SMILES string of the molecule is NCC#Cc1cc(C(=O)NCC2CCCS2(=O)=O)cs1. The topological polar surface area (TPSA) is 89.3 Å². The first-order chi connectivity index (χ1) is 9.53. The summed E-state index contributed by atoms with van der Waals surface area (Å²) in [4.78, 5) is 12.7. The zero-order valence-corrected chi connectivity index (χ0v) is 12.5. The molecule has 0 saturated carbocycles. The Morgan fingerprint density at radius 3 is 3.00 bits per heavy atom.